The van der Waals surface area contributed by atoms with Crippen molar-refractivity contribution in [1.29, 1.82) is 0 Å². The average molecular weight is 196 g/mol. The van der Waals surface area contributed by atoms with Gasteiger partial charge < -0.3 is 5.73 Å². The maximum Gasteiger partial charge on any atom is 0.159 e. The van der Waals surface area contributed by atoms with Gasteiger partial charge in [-0.3, -0.25) is 4.68 Å². The Bertz CT molecular complexity index is 447. The fourth-order valence-corrected chi connectivity index (χ4v) is 1.70. The van der Waals surface area contributed by atoms with E-state index in [1.54, 1.807) is 0 Å². The molecule has 4 heteroatoms. The van der Waals surface area contributed by atoms with E-state index in [1.165, 1.54) is 0 Å². The predicted octanol–water partition coefficient (Wildman–Crippen LogP) is 2.29. The first-order valence-electron chi connectivity index (χ1n) is 4.14. The molecule has 0 aliphatic rings. The van der Waals surface area contributed by atoms with Crippen molar-refractivity contribution in [3.63, 3.8) is 0 Å². The number of hydrogen-bond acceptors (Lipinski definition) is 2. The molecule has 0 aliphatic heterocycles. The van der Waals surface area contributed by atoms with E-state index in [4.69, 9.17) is 17.3 Å². The molecule has 1 heterocycles. The molecular formula is C9H10ClN3. The molecule has 0 fully saturated rings. The van der Waals surface area contributed by atoms with E-state index in [1.807, 2.05) is 29.8 Å². The summed E-state index contributed by atoms with van der Waals surface area (Å²) in [5.41, 5.74) is 7.47. The topological polar surface area (TPSA) is 43.8 Å². The standard InChI is InChI=1S/C9H10ClN3/c1-2-13-8-6(9(10)12-13)4-3-5-7(8)11/h3-5H,2,11H2,1H3. The fourth-order valence-electron chi connectivity index (χ4n) is 1.45. The first kappa shape index (κ1) is 8.38. The van der Waals surface area contributed by atoms with Crippen LogP contribution in [0.25, 0.3) is 10.9 Å². The van der Waals surface area contributed by atoms with Crippen LogP contribution in [0.4, 0.5) is 5.69 Å². The van der Waals surface area contributed by atoms with E-state index in [2.05, 4.69) is 5.10 Å². The zero-order valence-corrected chi connectivity index (χ0v) is 8.04. The van der Waals surface area contributed by atoms with Gasteiger partial charge in [0.25, 0.3) is 0 Å². The fraction of sp³-hybridized carbons (Fsp3) is 0.222. The monoisotopic (exact) mass is 195 g/mol. The number of halogens is 1. The number of aryl methyl sites for hydroxylation is 1. The quantitative estimate of drug-likeness (QED) is 0.710. The summed E-state index contributed by atoms with van der Waals surface area (Å²) in [7, 11) is 0. The number of rotatable bonds is 1. The molecule has 2 N–H and O–H groups in total. The molecule has 0 saturated carbocycles. The highest BCUT2D eigenvalue weighted by molar-refractivity contribution is 6.34. The molecule has 0 spiro atoms. The van der Waals surface area contributed by atoms with Crippen LogP contribution in [0.5, 0.6) is 0 Å². The van der Waals surface area contributed by atoms with Crippen molar-refractivity contribution in [2.24, 2.45) is 0 Å². The van der Waals surface area contributed by atoms with Gasteiger partial charge >= 0.3 is 0 Å². The molecule has 1 aromatic heterocycles. The number of fused-ring (bicyclic) bond motifs is 1. The molecule has 0 aliphatic carbocycles. The van der Waals surface area contributed by atoms with Gasteiger partial charge in [0.2, 0.25) is 0 Å². The second-order valence-corrected chi connectivity index (χ2v) is 3.21. The van der Waals surface area contributed by atoms with Crippen molar-refractivity contribution >= 4 is 28.2 Å². The number of anilines is 1. The first-order valence-corrected chi connectivity index (χ1v) is 4.52. The number of nitrogens with two attached hydrogens (primary N) is 1. The lowest BCUT2D eigenvalue weighted by molar-refractivity contribution is 0.685. The summed E-state index contributed by atoms with van der Waals surface area (Å²) in [6, 6.07) is 5.66. The van der Waals surface area contributed by atoms with Crippen LogP contribution in [0, 0.1) is 0 Å². The van der Waals surface area contributed by atoms with Crippen molar-refractivity contribution < 1.29 is 0 Å². The summed E-state index contributed by atoms with van der Waals surface area (Å²) in [5.74, 6) is 0. The van der Waals surface area contributed by atoms with Crippen molar-refractivity contribution in [3.8, 4) is 0 Å². The SMILES string of the molecule is CCn1nc(Cl)c2cccc(N)c21. The maximum atomic E-state index is 5.94. The minimum Gasteiger partial charge on any atom is -0.397 e. The lowest BCUT2D eigenvalue weighted by Crippen LogP contribution is -1.98. The summed E-state index contributed by atoms with van der Waals surface area (Å²) in [6.45, 7) is 2.78. The number of nitrogen functional groups attached to an aromatic ring is 1. The van der Waals surface area contributed by atoms with Crippen molar-refractivity contribution in [2.75, 3.05) is 5.73 Å². The van der Waals surface area contributed by atoms with Crippen LogP contribution in [-0.2, 0) is 6.54 Å². The van der Waals surface area contributed by atoms with Crippen LogP contribution in [0.3, 0.4) is 0 Å². The molecular weight excluding hydrogens is 186 g/mol. The highest BCUT2D eigenvalue weighted by Gasteiger charge is 2.08. The number of hydrogen-bond donors (Lipinski definition) is 1. The highest BCUT2D eigenvalue weighted by Crippen LogP contribution is 2.26. The third kappa shape index (κ3) is 1.16. The number of benzene rings is 1. The van der Waals surface area contributed by atoms with Crippen LogP contribution < -0.4 is 5.73 Å². The van der Waals surface area contributed by atoms with E-state index in [-0.39, 0.29) is 0 Å². The van der Waals surface area contributed by atoms with Gasteiger partial charge in [-0.25, -0.2) is 0 Å². The minimum atomic E-state index is 0.518. The van der Waals surface area contributed by atoms with Crippen molar-refractivity contribution in [3.05, 3.63) is 23.4 Å². The first-order chi connectivity index (χ1) is 6.24. The van der Waals surface area contributed by atoms with Gasteiger partial charge in [0.05, 0.1) is 11.2 Å². The molecule has 1 aromatic carbocycles. The van der Waals surface area contributed by atoms with Crippen LogP contribution in [-0.4, -0.2) is 9.78 Å². The second-order valence-electron chi connectivity index (χ2n) is 2.85. The summed E-state index contributed by atoms with van der Waals surface area (Å²) < 4.78 is 1.81. The van der Waals surface area contributed by atoms with Crippen LogP contribution in [0.15, 0.2) is 18.2 Å². The van der Waals surface area contributed by atoms with Gasteiger partial charge in [0, 0.05) is 11.9 Å². The summed E-state index contributed by atoms with van der Waals surface area (Å²) in [6.07, 6.45) is 0. The van der Waals surface area contributed by atoms with E-state index in [0.717, 1.165) is 23.1 Å². The Morgan fingerprint density at radius 1 is 1.54 bits per heavy atom. The number of nitrogens with zero attached hydrogens (tertiary/aromatic N) is 2. The molecule has 13 heavy (non-hydrogen) atoms. The Hall–Kier alpha value is -1.22. The van der Waals surface area contributed by atoms with E-state index >= 15 is 0 Å². The third-order valence-electron chi connectivity index (χ3n) is 2.06. The van der Waals surface area contributed by atoms with Crippen molar-refractivity contribution in [2.45, 2.75) is 13.5 Å². The Kier molecular flexibility index (Phi) is 1.88. The third-order valence-corrected chi connectivity index (χ3v) is 2.33. The highest BCUT2D eigenvalue weighted by atomic mass is 35.5. The Morgan fingerprint density at radius 3 is 3.00 bits per heavy atom. The predicted molar refractivity (Wildman–Crippen MR) is 54.8 cm³/mol. The van der Waals surface area contributed by atoms with Crippen molar-refractivity contribution in [1.82, 2.24) is 9.78 Å². The molecule has 2 aromatic rings. The Labute approximate surface area is 81.1 Å². The van der Waals surface area contributed by atoms with Gasteiger partial charge in [-0.05, 0) is 19.1 Å². The van der Waals surface area contributed by atoms with E-state index in [9.17, 15) is 0 Å². The Morgan fingerprint density at radius 2 is 2.31 bits per heavy atom. The summed E-state index contributed by atoms with van der Waals surface area (Å²) in [5, 5.41) is 5.61. The molecule has 0 bridgehead atoms. The second kappa shape index (κ2) is 2.92. The number of aromatic nitrogens is 2. The molecule has 2 rings (SSSR count). The molecule has 3 nitrogen and oxygen atoms in total. The molecule has 0 amide bonds. The van der Waals surface area contributed by atoms with Crippen LogP contribution in [0.2, 0.25) is 5.15 Å². The van der Waals surface area contributed by atoms with Gasteiger partial charge in [0.15, 0.2) is 5.15 Å². The van der Waals surface area contributed by atoms with Gasteiger partial charge in [-0.15, -0.1) is 0 Å². The normalized spacial score (nSPS) is 10.9. The van der Waals surface area contributed by atoms with Crippen LogP contribution >= 0.6 is 11.6 Å². The van der Waals surface area contributed by atoms with E-state index < -0.39 is 0 Å². The molecule has 68 valence electrons. The Balaban J connectivity index is 2.89. The van der Waals surface area contributed by atoms with Gasteiger partial charge in [-0.1, -0.05) is 17.7 Å². The minimum absolute atomic E-state index is 0.518. The lowest BCUT2D eigenvalue weighted by Gasteiger charge is -2.00. The summed E-state index contributed by atoms with van der Waals surface area (Å²) in [4.78, 5) is 0. The molecule has 0 unspecified atom stereocenters. The zero-order chi connectivity index (χ0) is 9.42. The van der Waals surface area contributed by atoms with Gasteiger partial charge in [-0.2, -0.15) is 5.10 Å². The molecule has 0 saturated heterocycles. The average Bonchev–Trinajstić information content (AvgIpc) is 2.45. The maximum absolute atomic E-state index is 5.94. The smallest absolute Gasteiger partial charge is 0.159 e. The number of para-hydroxylation sites is 1. The van der Waals surface area contributed by atoms with Crippen LogP contribution in [0.1, 0.15) is 6.92 Å². The zero-order valence-electron chi connectivity index (χ0n) is 7.29. The van der Waals surface area contributed by atoms with Gasteiger partial charge in [0.1, 0.15) is 0 Å². The molecule has 0 atom stereocenters. The summed E-state index contributed by atoms with van der Waals surface area (Å²) >= 11 is 5.94. The molecule has 0 radical (unpaired) electrons. The van der Waals surface area contributed by atoms with E-state index in [0.29, 0.717) is 5.15 Å². The lowest BCUT2D eigenvalue weighted by atomic mass is 10.2. The largest absolute Gasteiger partial charge is 0.397 e.